The maximum absolute atomic E-state index is 9.00. The van der Waals surface area contributed by atoms with Gasteiger partial charge in [-0.25, -0.2) is 4.98 Å². The van der Waals surface area contributed by atoms with Gasteiger partial charge in [-0.1, -0.05) is 18.2 Å². The number of carbonyl (C=O) groups is 1. The normalized spacial score (nSPS) is 10.2. The summed E-state index contributed by atoms with van der Waals surface area (Å²) < 4.78 is 0. The number of carboxylic acid groups (broad SMARTS) is 1. The number of pyridine rings is 1. The van der Waals surface area contributed by atoms with Crippen LogP contribution in [0.15, 0.2) is 30.5 Å². The number of aromatic amines is 1. The third-order valence-electron chi connectivity index (χ3n) is 2.84. The molecule has 0 atom stereocenters. The molecule has 0 saturated carbocycles. The molecule has 0 radical (unpaired) electrons. The highest BCUT2D eigenvalue weighted by molar-refractivity contribution is 6.08. The van der Waals surface area contributed by atoms with Crippen molar-refractivity contribution in [2.75, 3.05) is 5.73 Å². The van der Waals surface area contributed by atoms with Gasteiger partial charge in [0, 0.05) is 35.0 Å². The molecule has 0 aliphatic carbocycles. The van der Waals surface area contributed by atoms with Gasteiger partial charge in [-0.05, 0) is 13.0 Å². The topological polar surface area (TPSA) is 92.0 Å². The first kappa shape index (κ1) is 12.9. The van der Waals surface area contributed by atoms with E-state index in [1.54, 1.807) is 0 Å². The Morgan fingerprint density at radius 2 is 1.95 bits per heavy atom. The quantitative estimate of drug-likeness (QED) is 0.577. The minimum absolute atomic E-state index is 0.592. The minimum atomic E-state index is -0.833. The van der Waals surface area contributed by atoms with Crippen LogP contribution in [0.2, 0.25) is 0 Å². The van der Waals surface area contributed by atoms with E-state index in [4.69, 9.17) is 15.6 Å². The Kier molecular flexibility index (Phi) is 3.37. The largest absolute Gasteiger partial charge is 0.481 e. The third-order valence-corrected chi connectivity index (χ3v) is 2.84. The predicted molar refractivity (Wildman–Crippen MR) is 76.1 cm³/mol. The van der Waals surface area contributed by atoms with Gasteiger partial charge in [0.1, 0.15) is 5.82 Å². The molecule has 5 nitrogen and oxygen atoms in total. The number of H-pyrrole nitrogens is 1. The average Bonchev–Trinajstić information content (AvgIpc) is 2.73. The second-order valence-corrected chi connectivity index (χ2v) is 4.25. The second-order valence-electron chi connectivity index (χ2n) is 4.25. The lowest BCUT2D eigenvalue weighted by atomic mass is 10.1. The van der Waals surface area contributed by atoms with Gasteiger partial charge < -0.3 is 15.8 Å². The number of benzene rings is 1. The molecule has 5 heteroatoms. The number of nitrogens with zero attached hydrogens (tertiary/aromatic N) is 1. The summed E-state index contributed by atoms with van der Waals surface area (Å²) >= 11 is 0. The van der Waals surface area contributed by atoms with Crippen LogP contribution in [0, 0.1) is 6.92 Å². The van der Waals surface area contributed by atoms with Crippen LogP contribution in [0.4, 0.5) is 5.82 Å². The van der Waals surface area contributed by atoms with Crippen LogP contribution in [0.3, 0.4) is 0 Å². The van der Waals surface area contributed by atoms with Gasteiger partial charge in [0.2, 0.25) is 0 Å². The first-order chi connectivity index (χ1) is 9.00. The van der Waals surface area contributed by atoms with Crippen molar-refractivity contribution in [1.82, 2.24) is 9.97 Å². The van der Waals surface area contributed by atoms with Crippen molar-refractivity contribution in [3.63, 3.8) is 0 Å². The fourth-order valence-corrected chi connectivity index (χ4v) is 1.95. The number of aliphatic carboxylic acids is 1. The van der Waals surface area contributed by atoms with Crippen LogP contribution in [0.25, 0.3) is 21.8 Å². The molecule has 4 N–H and O–H groups in total. The number of aryl methyl sites for hydroxylation is 1. The Labute approximate surface area is 110 Å². The fraction of sp³-hybridized carbons (Fsp3) is 0.143. The number of hydrogen-bond acceptors (Lipinski definition) is 3. The van der Waals surface area contributed by atoms with Gasteiger partial charge in [-0.15, -0.1) is 0 Å². The van der Waals surface area contributed by atoms with Gasteiger partial charge >= 0.3 is 0 Å². The lowest BCUT2D eigenvalue weighted by Gasteiger charge is -1.99. The van der Waals surface area contributed by atoms with Gasteiger partial charge in [-0.2, -0.15) is 0 Å². The van der Waals surface area contributed by atoms with Gasteiger partial charge in [0.25, 0.3) is 5.97 Å². The lowest BCUT2D eigenvalue weighted by molar-refractivity contribution is -0.134. The van der Waals surface area contributed by atoms with Crippen LogP contribution in [0.5, 0.6) is 0 Å². The molecular formula is C14H15N3O2. The van der Waals surface area contributed by atoms with E-state index in [-0.39, 0.29) is 0 Å². The molecule has 0 amide bonds. The lowest BCUT2D eigenvalue weighted by Crippen LogP contribution is -1.93. The highest BCUT2D eigenvalue weighted by atomic mass is 16.4. The first-order valence-electron chi connectivity index (χ1n) is 5.81. The Hall–Kier alpha value is -2.56. The zero-order chi connectivity index (χ0) is 14.0. The van der Waals surface area contributed by atoms with Crippen molar-refractivity contribution in [3.05, 3.63) is 36.0 Å². The van der Waals surface area contributed by atoms with E-state index >= 15 is 0 Å². The summed E-state index contributed by atoms with van der Waals surface area (Å²) in [4.78, 5) is 16.6. The number of carboxylic acids is 1. The van der Waals surface area contributed by atoms with Crippen LogP contribution in [-0.2, 0) is 4.79 Å². The van der Waals surface area contributed by atoms with Crippen molar-refractivity contribution in [3.8, 4) is 0 Å². The zero-order valence-electron chi connectivity index (χ0n) is 10.8. The molecule has 0 aliphatic rings. The highest BCUT2D eigenvalue weighted by Crippen LogP contribution is 2.28. The highest BCUT2D eigenvalue weighted by Gasteiger charge is 2.07. The number of aromatic nitrogens is 2. The van der Waals surface area contributed by atoms with Crippen molar-refractivity contribution in [2.45, 2.75) is 13.8 Å². The van der Waals surface area contributed by atoms with Crippen molar-refractivity contribution in [1.29, 1.82) is 0 Å². The second kappa shape index (κ2) is 4.97. The Morgan fingerprint density at radius 3 is 2.63 bits per heavy atom. The molecule has 98 valence electrons. The van der Waals surface area contributed by atoms with Crippen molar-refractivity contribution < 1.29 is 9.90 Å². The third kappa shape index (κ3) is 2.49. The summed E-state index contributed by atoms with van der Waals surface area (Å²) in [5.41, 5.74) is 9.01. The van der Waals surface area contributed by atoms with E-state index in [2.05, 4.69) is 22.1 Å². The summed E-state index contributed by atoms with van der Waals surface area (Å²) in [5.74, 6) is -0.242. The molecule has 0 fully saturated rings. The molecule has 2 aromatic heterocycles. The first-order valence-corrected chi connectivity index (χ1v) is 5.81. The van der Waals surface area contributed by atoms with Crippen LogP contribution >= 0.6 is 0 Å². The number of para-hydroxylation sites is 1. The standard InChI is InChI=1S/C12H11N3.C2H4O2/c1-7-11-9(6-14-12(7)13)8-4-2-3-5-10(8)15-11;1-2(3)4/h2-6,15H,1H3,(H2,13,14);1H3,(H,3,4). The van der Waals surface area contributed by atoms with Gasteiger partial charge in [0.05, 0.1) is 5.52 Å². The van der Waals surface area contributed by atoms with E-state index < -0.39 is 5.97 Å². The summed E-state index contributed by atoms with van der Waals surface area (Å²) in [6.07, 6.45) is 1.83. The molecule has 19 heavy (non-hydrogen) atoms. The number of hydrogen-bond donors (Lipinski definition) is 3. The molecule has 0 aliphatic heterocycles. The molecule has 3 aromatic rings. The molecule has 0 spiro atoms. The number of rotatable bonds is 0. The number of anilines is 1. The van der Waals surface area contributed by atoms with Crippen LogP contribution in [0.1, 0.15) is 12.5 Å². The van der Waals surface area contributed by atoms with E-state index in [9.17, 15) is 0 Å². The zero-order valence-corrected chi connectivity index (χ0v) is 10.8. The number of fused-ring (bicyclic) bond motifs is 3. The van der Waals surface area contributed by atoms with Gasteiger partial charge in [-0.3, -0.25) is 4.79 Å². The Morgan fingerprint density at radius 1 is 1.32 bits per heavy atom. The van der Waals surface area contributed by atoms with E-state index in [1.807, 2.05) is 25.3 Å². The number of nitrogen functional groups attached to an aromatic ring is 1. The fourth-order valence-electron chi connectivity index (χ4n) is 1.95. The molecule has 2 heterocycles. The van der Waals surface area contributed by atoms with E-state index in [0.29, 0.717) is 5.82 Å². The monoisotopic (exact) mass is 257 g/mol. The molecule has 1 aromatic carbocycles. The van der Waals surface area contributed by atoms with E-state index in [1.165, 1.54) is 5.39 Å². The number of nitrogens with two attached hydrogens (primary N) is 1. The van der Waals surface area contributed by atoms with Crippen molar-refractivity contribution >= 4 is 33.6 Å². The maximum Gasteiger partial charge on any atom is 0.300 e. The Bertz CT molecular complexity index is 743. The molecule has 0 bridgehead atoms. The summed E-state index contributed by atoms with van der Waals surface area (Å²) in [7, 11) is 0. The molecule has 0 unspecified atom stereocenters. The van der Waals surface area contributed by atoms with Gasteiger partial charge in [0.15, 0.2) is 0 Å². The smallest absolute Gasteiger partial charge is 0.300 e. The SMILES string of the molecule is CC(=O)O.Cc1c(N)ncc2c1[nH]c1ccccc12. The molecular weight excluding hydrogens is 242 g/mol. The molecule has 0 saturated heterocycles. The summed E-state index contributed by atoms with van der Waals surface area (Å²) in [5, 5.41) is 9.75. The minimum Gasteiger partial charge on any atom is -0.481 e. The maximum atomic E-state index is 9.00. The number of nitrogens with one attached hydrogen (secondary N) is 1. The van der Waals surface area contributed by atoms with Crippen molar-refractivity contribution in [2.24, 2.45) is 0 Å². The molecule has 3 rings (SSSR count). The average molecular weight is 257 g/mol. The summed E-state index contributed by atoms with van der Waals surface area (Å²) in [6.45, 7) is 3.07. The predicted octanol–water partition coefficient (Wildman–Crippen LogP) is 2.70. The van der Waals surface area contributed by atoms with Crippen LogP contribution in [-0.4, -0.2) is 21.0 Å². The van der Waals surface area contributed by atoms with E-state index in [0.717, 1.165) is 28.9 Å². The van der Waals surface area contributed by atoms with Crippen LogP contribution < -0.4 is 5.73 Å². The Balaban J connectivity index is 0.000000297. The summed E-state index contributed by atoms with van der Waals surface area (Å²) in [6, 6.07) is 8.20.